The summed E-state index contributed by atoms with van der Waals surface area (Å²) >= 11 is 7.96. The van der Waals surface area contributed by atoms with Crippen molar-refractivity contribution in [2.24, 2.45) is 0 Å². The van der Waals surface area contributed by atoms with Gasteiger partial charge in [0.2, 0.25) is 5.91 Å². The molecule has 4 aromatic rings. The maximum atomic E-state index is 11.9. The Morgan fingerprint density at radius 3 is 2.84 bits per heavy atom. The third kappa shape index (κ3) is 5.26. The fourth-order valence-electron chi connectivity index (χ4n) is 3.25. The molecule has 0 saturated heterocycles. The summed E-state index contributed by atoms with van der Waals surface area (Å²) in [6, 6.07) is 11.5. The number of thiophene rings is 1. The van der Waals surface area contributed by atoms with Crippen LogP contribution in [0, 0.1) is 0 Å². The number of hydrogen-bond donors (Lipinski definition) is 2. The molecule has 2 N–H and O–H groups in total. The molecule has 0 atom stereocenters. The number of fused-ring (bicyclic) bond motifs is 1. The van der Waals surface area contributed by atoms with Gasteiger partial charge in [-0.05, 0) is 46.8 Å². The number of amides is 1. The highest BCUT2D eigenvalue weighted by Crippen LogP contribution is 2.28. The van der Waals surface area contributed by atoms with E-state index in [-0.39, 0.29) is 5.91 Å². The van der Waals surface area contributed by atoms with Crippen molar-refractivity contribution in [2.45, 2.75) is 19.3 Å². The van der Waals surface area contributed by atoms with Crippen LogP contribution in [0.3, 0.4) is 0 Å². The van der Waals surface area contributed by atoms with Crippen molar-refractivity contribution in [3.05, 3.63) is 63.9 Å². The first-order chi connectivity index (χ1) is 15.1. The first-order valence-electron chi connectivity index (χ1n) is 10.0. The van der Waals surface area contributed by atoms with Crippen molar-refractivity contribution in [2.75, 3.05) is 18.4 Å². The molecule has 0 aliphatic rings. The molecule has 2 radical (unpaired) electrons. The number of benzene rings is 1. The molecule has 1 aromatic carbocycles. The second-order valence-corrected chi connectivity index (χ2v) is 8.32. The molecule has 0 bridgehead atoms. The molecule has 156 valence electrons. The van der Waals surface area contributed by atoms with Gasteiger partial charge in [0.25, 0.3) is 0 Å². The van der Waals surface area contributed by atoms with Crippen molar-refractivity contribution in [3.63, 3.8) is 0 Å². The molecule has 1 amide bonds. The fraction of sp³-hybridized carbons (Fsp3) is 0.227. The summed E-state index contributed by atoms with van der Waals surface area (Å²) in [5, 5.41) is 15.3. The number of aromatic nitrogens is 3. The number of rotatable bonds is 9. The number of anilines is 1. The minimum absolute atomic E-state index is 0.0543. The van der Waals surface area contributed by atoms with Gasteiger partial charge < -0.3 is 10.6 Å². The van der Waals surface area contributed by atoms with Gasteiger partial charge in [0, 0.05) is 35.9 Å². The summed E-state index contributed by atoms with van der Waals surface area (Å²) < 4.78 is 1.69. The summed E-state index contributed by atoms with van der Waals surface area (Å²) in [7, 11) is 6.05. The van der Waals surface area contributed by atoms with Crippen molar-refractivity contribution in [3.8, 4) is 11.3 Å². The molecular formula is C22H21BClN5OS. The predicted molar refractivity (Wildman–Crippen MR) is 128 cm³/mol. The number of unbranched alkanes of at least 4 members (excludes halogenated alkanes) is 1. The SMILES string of the molecule is [B]c1cnn2c(NCCCCNC(=O)Cc3ccsc3)cc(-c3ccccc3Cl)nc12. The first-order valence-corrected chi connectivity index (χ1v) is 11.3. The maximum absolute atomic E-state index is 11.9. The molecule has 3 heterocycles. The molecule has 0 spiro atoms. The lowest BCUT2D eigenvalue weighted by atomic mass is 10.0. The zero-order valence-electron chi connectivity index (χ0n) is 16.8. The van der Waals surface area contributed by atoms with Crippen LogP contribution in [0.25, 0.3) is 16.9 Å². The highest BCUT2D eigenvalue weighted by atomic mass is 35.5. The number of nitrogens with zero attached hydrogens (tertiary/aromatic N) is 3. The Kier molecular flexibility index (Phi) is 6.89. The normalized spacial score (nSPS) is 11.0. The van der Waals surface area contributed by atoms with Crippen LogP contribution in [0.2, 0.25) is 5.02 Å². The summed E-state index contributed by atoms with van der Waals surface area (Å²) in [5.74, 6) is 0.844. The smallest absolute Gasteiger partial charge is 0.224 e. The van der Waals surface area contributed by atoms with Gasteiger partial charge >= 0.3 is 0 Å². The molecule has 0 aliphatic heterocycles. The van der Waals surface area contributed by atoms with Gasteiger partial charge in [0.05, 0.1) is 12.1 Å². The van der Waals surface area contributed by atoms with Crippen molar-refractivity contribution < 1.29 is 4.79 Å². The van der Waals surface area contributed by atoms with Gasteiger partial charge in [-0.1, -0.05) is 29.8 Å². The van der Waals surface area contributed by atoms with E-state index in [0.717, 1.165) is 42.0 Å². The van der Waals surface area contributed by atoms with E-state index in [1.807, 2.05) is 47.2 Å². The van der Waals surface area contributed by atoms with E-state index in [4.69, 9.17) is 19.4 Å². The van der Waals surface area contributed by atoms with Gasteiger partial charge in [-0.2, -0.15) is 21.0 Å². The Balaban J connectivity index is 1.35. The van der Waals surface area contributed by atoms with E-state index < -0.39 is 0 Å². The Hall–Kier alpha value is -2.84. The third-order valence-corrected chi connectivity index (χ3v) is 5.89. The molecule has 0 unspecified atom stereocenters. The molecule has 9 heteroatoms. The molecule has 4 rings (SSSR count). The predicted octanol–water partition coefficient (Wildman–Crippen LogP) is 3.46. The number of carbonyl (C=O) groups is 1. The van der Waals surface area contributed by atoms with E-state index in [0.29, 0.717) is 29.1 Å². The van der Waals surface area contributed by atoms with Crippen LogP contribution >= 0.6 is 22.9 Å². The second-order valence-electron chi connectivity index (χ2n) is 7.13. The lowest BCUT2D eigenvalue weighted by Gasteiger charge is -2.12. The molecular weight excluding hydrogens is 429 g/mol. The van der Waals surface area contributed by atoms with Crippen molar-refractivity contribution >= 4 is 53.6 Å². The number of nitrogens with one attached hydrogen (secondary N) is 2. The highest BCUT2D eigenvalue weighted by Gasteiger charge is 2.12. The quantitative estimate of drug-likeness (QED) is 0.303. The monoisotopic (exact) mass is 449 g/mol. The largest absolute Gasteiger partial charge is 0.370 e. The van der Waals surface area contributed by atoms with E-state index in [2.05, 4.69) is 20.7 Å². The number of carbonyl (C=O) groups excluding carboxylic acids is 1. The zero-order chi connectivity index (χ0) is 21.6. The summed E-state index contributed by atoms with van der Waals surface area (Å²) in [6.07, 6.45) is 3.78. The average Bonchev–Trinajstić information content (AvgIpc) is 3.41. The molecule has 3 aromatic heterocycles. The van der Waals surface area contributed by atoms with Crippen LogP contribution in [0.1, 0.15) is 18.4 Å². The van der Waals surface area contributed by atoms with E-state index >= 15 is 0 Å². The Morgan fingerprint density at radius 1 is 1.19 bits per heavy atom. The van der Waals surface area contributed by atoms with Gasteiger partial charge in [-0.15, -0.1) is 0 Å². The topological polar surface area (TPSA) is 71.3 Å². The summed E-state index contributed by atoms with van der Waals surface area (Å²) in [6.45, 7) is 1.37. The van der Waals surface area contributed by atoms with Crippen LogP contribution in [-0.4, -0.2) is 41.4 Å². The van der Waals surface area contributed by atoms with Gasteiger partial charge in [0.1, 0.15) is 13.7 Å². The molecule has 0 saturated carbocycles. The minimum atomic E-state index is 0.0543. The Morgan fingerprint density at radius 2 is 2.03 bits per heavy atom. The standard InChI is InChI=1S/C22H21BClN5OS/c23-17-13-27-29-20(12-19(28-22(17)29)16-5-1-2-6-18(16)24)25-8-3-4-9-26-21(30)11-15-7-10-31-14-15/h1-2,5-7,10,12-14,25H,3-4,8-9,11H2,(H,26,30). The van der Waals surface area contributed by atoms with Gasteiger partial charge in [-0.3, -0.25) is 4.79 Å². The van der Waals surface area contributed by atoms with E-state index in [1.165, 1.54) is 0 Å². The van der Waals surface area contributed by atoms with Crippen molar-refractivity contribution in [1.82, 2.24) is 19.9 Å². The zero-order valence-corrected chi connectivity index (χ0v) is 18.4. The highest BCUT2D eigenvalue weighted by molar-refractivity contribution is 7.08. The lowest BCUT2D eigenvalue weighted by molar-refractivity contribution is -0.120. The van der Waals surface area contributed by atoms with Gasteiger partial charge in [-0.25, -0.2) is 4.98 Å². The van der Waals surface area contributed by atoms with Crippen LogP contribution in [-0.2, 0) is 11.2 Å². The van der Waals surface area contributed by atoms with Crippen molar-refractivity contribution in [1.29, 1.82) is 0 Å². The van der Waals surface area contributed by atoms with Crippen LogP contribution in [0.4, 0.5) is 5.82 Å². The van der Waals surface area contributed by atoms with Crippen LogP contribution < -0.4 is 16.1 Å². The molecule has 0 aliphatic carbocycles. The molecule has 6 nitrogen and oxygen atoms in total. The second kappa shape index (κ2) is 9.98. The van der Waals surface area contributed by atoms with Gasteiger partial charge in [0.15, 0.2) is 5.65 Å². The number of hydrogen-bond acceptors (Lipinski definition) is 5. The lowest BCUT2D eigenvalue weighted by Crippen LogP contribution is -2.26. The summed E-state index contributed by atoms with van der Waals surface area (Å²) in [4.78, 5) is 16.6. The van der Waals surface area contributed by atoms with Crippen LogP contribution in [0.5, 0.6) is 0 Å². The Bertz CT molecular complexity index is 1180. The molecule has 31 heavy (non-hydrogen) atoms. The van der Waals surface area contributed by atoms with Crippen LogP contribution in [0.15, 0.2) is 53.4 Å². The van der Waals surface area contributed by atoms with E-state index in [1.54, 1.807) is 22.0 Å². The number of halogens is 1. The third-order valence-electron chi connectivity index (χ3n) is 4.83. The molecule has 0 fully saturated rings. The fourth-order valence-corrected chi connectivity index (χ4v) is 4.15. The first kappa shape index (κ1) is 21.4. The maximum Gasteiger partial charge on any atom is 0.224 e. The Labute approximate surface area is 191 Å². The summed E-state index contributed by atoms with van der Waals surface area (Å²) in [5.41, 5.74) is 3.71. The minimum Gasteiger partial charge on any atom is -0.370 e. The average molecular weight is 450 g/mol. The van der Waals surface area contributed by atoms with E-state index in [9.17, 15) is 4.79 Å².